The molecular weight excluding hydrogens is 134 g/mol. The van der Waals surface area contributed by atoms with E-state index in [0.29, 0.717) is 0 Å². The molecule has 0 spiro atoms. The second kappa shape index (κ2) is 3.54. The Hall–Kier alpha value is -0.820. The molecule has 1 heteroatoms. The lowest BCUT2D eigenvalue weighted by molar-refractivity contribution is -0.612. The minimum atomic E-state index is 0.975. The van der Waals surface area contributed by atoms with Gasteiger partial charge in [0.25, 0.3) is 0 Å². The van der Waals surface area contributed by atoms with Gasteiger partial charge in [-0.1, -0.05) is 29.3 Å². The molecule has 1 rings (SSSR count). The van der Waals surface area contributed by atoms with Gasteiger partial charge in [-0.15, -0.1) is 0 Å². The zero-order valence-electron chi connectivity index (χ0n) is 7.22. The molecule has 0 heterocycles. The summed E-state index contributed by atoms with van der Waals surface area (Å²) in [6, 6.07) is 6.59. The molecule has 0 atom stereocenters. The van der Waals surface area contributed by atoms with Crippen LogP contribution in [0.15, 0.2) is 18.2 Å². The monoisotopic (exact) mass is 149 g/mol. The third kappa shape index (κ3) is 2.35. The van der Waals surface area contributed by atoms with Gasteiger partial charge in [-0.25, -0.2) is 0 Å². The van der Waals surface area contributed by atoms with Crippen LogP contribution in [0.4, 0.5) is 0 Å². The lowest BCUT2D eigenvalue weighted by atomic mass is 10.1. The van der Waals surface area contributed by atoms with Crippen molar-refractivity contribution in [2.24, 2.45) is 0 Å². The van der Waals surface area contributed by atoms with E-state index in [-0.39, 0.29) is 0 Å². The highest BCUT2D eigenvalue weighted by atomic mass is 14.8. The number of quaternary nitrogens is 1. The summed E-state index contributed by atoms with van der Waals surface area (Å²) in [6.07, 6.45) is 0. The fraction of sp³-hybridized carbons (Fsp3) is 0.300. The Morgan fingerprint density at radius 1 is 1.18 bits per heavy atom. The molecule has 0 saturated heterocycles. The Kier molecular flexibility index (Phi) is 2.66. The minimum absolute atomic E-state index is 0.975. The first-order valence-corrected chi connectivity index (χ1v) is 3.90. The zero-order chi connectivity index (χ0) is 8.27. The summed E-state index contributed by atoms with van der Waals surface area (Å²) in [5.74, 6) is 0. The Morgan fingerprint density at radius 3 is 2.18 bits per heavy atom. The van der Waals surface area contributed by atoms with E-state index in [1.54, 1.807) is 0 Å². The van der Waals surface area contributed by atoms with Gasteiger partial charge in [0.1, 0.15) is 0 Å². The lowest BCUT2D eigenvalue weighted by Crippen LogP contribution is -2.74. The third-order valence-corrected chi connectivity index (χ3v) is 1.66. The van der Waals surface area contributed by atoms with Gasteiger partial charge in [-0.2, -0.15) is 7.05 Å². The van der Waals surface area contributed by atoms with Crippen molar-refractivity contribution in [2.45, 2.75) is 20.4 Å². The summed E-state index contributed by atoms with van der Waals surface area (Å²) in [6.45, 7) is 5.22. The predicted molar refractivity (Wildman–Crippen MR) is 46.9 cm³/mol. The standard InChI is InChI=1S/C10H15N/c1-8-4-9(2)6-10(5-8)7-11-3/h4-6H,3,7,11H2,1-2H3. The first-order valence-electron chi connectivity index (χ1n) is 3.90. The summed E-state index contributed by atoms with van der Waals surface area (Å²) in [5, 5.41) is 1.94. The first-order chi connectivity index (χ1) is 5.22. The van der Waals surface area contributed by atoms with Crippen molar-refractivity contribution in [2.75, 3.05) is 0 Å². The Labute approximate surface area is 68.4 Å². The van der Waals surface area contributed by atoms with Gasteiger partial charge >= 0.3 is 0 Å². The average Bonchev–Trinajstić information content (AvgIpc) is 1.85. The van der Waals surface area contributed by atoms with E-state index in [2.05, 4.69) is 39.1 Å². The lowest BCUT2D eigenvalue weighted by Gasteiger charge is -2.03. The molecule has 0 unspecified atom stereocenters. The van der Waals surface area contributed by atoms with Crippen LogP contribution >= 0.6 is 0 Å². The number of aryl methyl sites for hydroxylation is 2. The molecule has 0 amide bonds. The molecule has 0 aliphatic carbocycles. The van der Waals surface area contributed by atoms with E-state index in [0.717, 1.165) is 6.54 Å². The second-order valence-corrected chi connectivity index (χ2v) is 2.99. The molecule has 0 fully saturated rings. The summed E-state index contributed by atoms with van der Waals surface area (Å²) in [4.78, 5) is 0. The summed E-state index contributed by atoms with van der Waals surface area (Å²) >= 11 is 0. The van der Waals surface area contributed by atoms with Crippen molar-refractivity contribution in [1.82, 2.24) is 0 Å². The van der Waals surface area contributed by atoms with Gasteiger partial charge in [0.15, 0.2) is 0 Å². The molecule has 0 bridgehead atoms. The van der Waals surface area contributed by atoms with Crippen LogP contribution in [0.5, 0.6) is 0 Å². The molecule has 0 aromatic heterocycles. The first kappa shape index (κ1) is 8.28. The molecule has 0 saturated carbocycles. The van der Waals surface area contributed by atoms with Crippen LogP contribution in [-0.2, 0) is 6.54 Å². The fourth-order valence-electron chi connectivity index (χ4n) is 1.35. The molecule has 1 nitrogen and oxygen atoms in total. The van der Waals surface area contributed by atoms with Crippen LogP contribution < -0.4 is 5.32 Å². The van der Waals surface area contributed by atoms with Crippen LogP contribution in [0.25, 0.3) is 0 Å². The summed E-state index contributed by atoms with van der Waals surface area (Å²) in [5.41, 5.74) is 4.03. The third-order valence-electron chi connectivity index (χ3n) is 1.66. The largest absolute Gasteiger partial charge is 0.475 e. The van der Waals surface area contributed by atoms with Crippen molar-refractivity contribution in [3.8, 4) is 0 Å². The number of rotatable bonds is 2. The Bertz CT molecular complexity index is 220. The van der Waals surface area contributed by atoms with Crippen LogP contribution in [0.1, 0.15) is 16.7 Å². The normalized spacial score (nSPS) is 10.1. The Balaban J connectivity index is 2.89. The van der Waals surface area contributed by atoms with Gasteiger partial charge in [0.05, 0.1) is 6.54 Å². The number of hydrogen-bond acceptors (Lipinski definition) is 0. The van der Waals surface area contributed by atoms with Crippen LogP contribution in [-0.4, -0.2) is 0 Å². The number of nitrogens with two attached hydrogens (primary N) is 1. The molecular formula is C10H15N. The van der Waals surface area contributed by atoms with E-state index in [9.17, 15) is 0 Å². The van der Waals surface area contributed by atoms with E-state index in [1.807, 2.05) is 5.32 Å². The highest BCUT2D eigenvalue weighted by Crippen LogP contribution is 2.06. The average molecular weight is 149 g/mol. The van der Waals surface area contributed by atoms with Gasteiger partial charge in [0.2, 0.25) is 0 Å². The fourth-order valence-corrected chi connectivity index (χ4v) is 1.35. The van der Waals surface area contributed by atoms with Crippen LogP contribution in [0, 0.1) is 20.9 Å². The maximum atomic E-state index is 3.72. The highest BCUT2D eigenvalue weighted by molar-refractivity contribution is 5.27. The topological polar surface area (TPSA) is 16.6 Å². The van der Waals surface area contributed by atoms with Gasteiger partial charge in [-0.3, -0.25) is 0 Å². The molecule has 0 radical (unpaired) electrons. The number of benzene rings is 1. The summed E-state index contributed by atoms with van der Waals surface area (Å²) in [7, 11) is 3.72. The molecule has 0 aliphatic rings. The molecule has 60 valence electrons. The quantitative estimate of drug-likeness (QED) is 0.608. The number of hydrogen-bond donors (Lipinski definition) is 1. The Morgan fingerprint density at radius 2 is 1.73 bits per heavy atom. The molecule has 2 N–H and O–H groups in total. The van der Waals surface area contributed by atoms with Gasteiger partial charge < -0.3 is 5.32 Å². The zero-order valence-corrected chi connectivity index (χ0v) is 7.22. The predicted octanol–water partition coefficient (Wildman–Crippen LogP) is 1.16. The SMILES string of the molecule is [CH2-][NH2+]Cc1cc(C)cc(C)c1. The van der Waals surface area contributed by atoms with Crippen molar-refractivity contribution in [3.05, 3.63) is 41.9 Å². The summed E-state index contributed by atoms with van der Waals surface area (Å²) < 4.78 is 0. The van der Waals surface area contributed by atoms with Crippen LogP contribution in [0.3, 0.4) is 0 Å². The molecule has 1 aromatic carbocycles. The van der Waals surface area contributed by atoms with Crippen molar-refractivity contribution >= 4 is 0 Å². The van der Waals surface area contributed by atoms with Crippen molar-refractivity contribution in [1.29, 1.82) is 0 Å². The molecule has 11 heavy (non-hydrogen) atoms. The van der Waals surface area contributed by atoms with Crippen molar-refractivity contribution < 1.29 is 5.32 Å². The second-order valence-electron chi connectivity index (χ2n) is 2.99. The molecule has 1 aromatic rings. The van der Waals surface area contributed by atoms with E-state index >= 15 is 0 Å². The van der Waals surface area contributed by atoms with E-state index in [4.69, 9.17) is 0 Å². The van der Waals surface area contributed by atoms with E-state index < -0.39 is 0 Å². The molecule has 0 aliphatic heterocycles. The minimum Gasteiger partial charge on any atom is -0.475 e. The highest BCUT2D eigenvalue weighted by Gasteiger charge is 1.93. The smallest absolute Gasteiger partial charge is 0.0773 e. The van der Waals surface area contributed by atoms with E-state index in [1.165, 1.54) is 16.7 Å². The van der Waals surface area contributed by atoms with Gasteiger partial charge in [0, 0.05) is 5.56 Å². The maximum Gasteiger partial charge on any atom is 0.0773 e. The maximum absolute atomic E-state index is 3.72. The van der Waals surface area contributed by atoms with Crippen LogP contribution in [0.2, 0.25) is 0 Å². The van der Waals surface area contributed by atoms with Crippen molar-refractivity contribution in [3.63, 3.8) is 0 Å². The van der Waals surface area contributed by atoms with Gasteiger partial charge in [-0.05, 0) is 13.8 Å².